The molecule has 1 fully saturated rings. The van der Waals surface area contributed by atoms with Crippen LogP contribution in [0.15, 0.2) is 41.6 Å². The average Bonchev–Trinajstić information content (AvgIpc) is 3.18. The Morgan fingerprint density at radius 3 is 2.63 bits per heavy atom. The monoisotopic (exact) mass is 437 g/mol. The van der Waals surface area contributed by atoms with E-state index in [2.05, 4.69) is 35.3 Å². The van der Waals surface area contributed by atoms with Crippen molar-refractivity contribution in [1.29, 1.82) is 0 Å². The second-order valence-corrected chi connectivity index (χ2v) is 9.98. The normalized spacial score (nSPS) is 15.7. The minimum atomic E-state index is -1.21. The van der Waals surface area contributed by atoms with Gasteiger partial charge in [-0.2, -0.15) is 0 Å². The molecule has 0 saturated carbocycles. The van der Waals surface area contributed by atoms with E-state index in [1.807, 2.05) is 25.1 Å². The van der Waals surface area contributed by atoms with Gasteiger partial charge in [-0.3, -0.25) is 4.21 Å². The number of piperazine rings is 1. The number of aromatic nitrogens is 3. The van der Waals surface area contributed by atoms with E-state index in [0.717, 1.165) is 69.3 Å². The highest BCUT2D eigenvalue weighted by molar-refractivity contribution is 7.84. The Kier molecular flexibility index (Phi) is 5.22. The van der Waals surface area contributed by atoms with Crippen molar-refractivity contribution in [1.82, 2.24) is 20.3 Å². The lowest BCUT2D eigenvalue weighted by atomic mass is 10.1. The zero-order valence-corrected chi connectivity index (χ0v) is 18.6. The van der Waals surface area contributed by atoms with Crippen molar-refractivity contribution < 1.29 is 4.21 Å². The number of benzene rings is 1. The first-order valence-electron chi connectivity index (χ1n) is 10.2. The molecule has 1 aliphatic rings. The smallest absolute Gasteiger partial charge is 0.221 e. The van der Waals surface area contributed by atoms with Crippen LogP contribution in [-0.4, -0.2) is 51.1 Å². The number of nitrogens with one attached hydrogen (secondary N) is 1. The van der Waals surface area contributed by atoms with Crippen LogP contribution < -0.4 is 10.2 Å². The highest BCUT2D eigenvalue weighted by Crippen LogP contribution is 2.40. The molecule has 0 radical (unpaired) electrons. The third-order valence-corrected chi connectivity index (χ3v) is 7.58. The van der Waals surface area contributed by atoms with Gasteiger partial charge in [-0.15, -0.1) is 11.3 Å². The zero-order chi connectivity index (χ0) is 20.7. The highest BCUT2D eigenvalue weighted by atomic mass is 32.2. The molecule has 30 heavy (non-hydrogen) atoms. The van der Waals surface area contributed by atoms with Gasteiger partial charge in [0, 0.05) is 42.9 Å². The lowest BCUT2D eigenvalue weighted by molar-refractivity contribution is 0.584. The summed E-state index contributed by atoms with van der Waals surface area (Å²) in [4.78, 5) is 17.7. The second-order valence-electron chi connectivity index (χ2n) is 7.35. The number of hydrogen-bond donors (Lipinski definition) is 1. The molecule has 6 nitrogen and oxygen atoms in total. The first-order chi connectivity index (χ1) is 14.7. The van der Waals surface area contributed by atoms with Crippen LogP contribution in [0.5, 0.6) is 0 Å². The van der Waals surface area contributed by atoms with Gasteiger partial charge in [0.15, 0.2) is 5.82 Å². The Balaban J connectivity index is 1.77. The van der Waals surface area contributed by atoms with Gasteiger partial charge in [0.1, 0.15) is 4.83 Å². The van der Waals surface area contributed by atoms with Crippen molar-refractivity contribution in [2.75, 3.05) is 36.8 Å². The standard InChI is InChI=1S/C22H23N5OS2/c1-3-30(28)22-25-18-17-14(2)13-16(15-7-5-4-6-8-15)24-21(17)29-19(18)20(26-22)27-11-9-23-10-12-27/h4-8,13,23H,3,9-12H2,1-2H3. The van der Waals surface area contributed by atoms with Gasteiger partial charge in [-0.1, -0.05) is 37.3 Å². The molecule has 1 aromatic carbocycles. The minimum absolute atomic E-state index is 0.421. The highest BCUT2D eigenvalue weighted by Gasteiger charge is 2.23. The number of pyridine rings is 1. The maximum atomic E-state index is 12.6. The van der Waals surface area contributed by atoms with Crippen molar-refractivity contribution in [2.24, 2.45) is 0 Å². The third kappa shape index (κ3) is 3.38. The molecule has 0 aliphatic carbocycles. The molecule has 4 aromatic rings. The number of aryl methyl sites for hydroxylation is 1. The lowest BCUT2D eigenvalue weighted by Gasteiger charge is -2.28. The van der Waals surface area contributed by atoms with Gasteiger partial charge in [-0.25, -0.2) is 15.0 Å². The largest absolute Gasteiger partial charge is 0.353 e. The minimum Gasteiger partial charge on any atom is -0.353 e. The molecule has 3 aromatic heterocycles. The molecule has 4 heterocycles. The summed E-state index contributed by atoms with van der Waals surface area (Å²) >= 11 is 1.64. The number of thiophene rings is 1. The molecule has 154 valence electrons. The maximum Gasteiger partial charge on any atom is 0.221 e. The average molecular weight is 438 g/mol. The van der Waals surface area contributed by atoms with E-state index in [4.69, 9.17) is 15.0 Å². The summed E-state index contributed by atoms with van der Waals surface area (Å²) in [6.07, 6.45) is 0. The fourth-order valence-electron chi connectivity index (χ4n) is 3.86. The Hall–Kier alpha value is -2.42. The van der Waals surface area contributed by atoms with Gasteiger partial charge in [0.2, 0.25) is 5.16 Å². The Bertz CT molecular complexity index is 1250. The van der Waals surface area contributed by atoms with E-state index in [0.29, 0.717) is 10.9 Å². The van der Waals surface area contributed by atoms with Crippen molar-refractivity contribution >= 4 is 48.4 Å². The van der Waals surface area contributed by atoms with Crippen LogP contribution in [0, 0.1) is 6.92 Å². The Morgan fingerprint density at radius 2 is 1.90 bits per heavy atom. The number of rotatable bonds is 4. The van der Waals surface area contributed by atoms with Crippen LogP contribution in [0.4, 0.5) is 5.82 Å². The molecule has 5 rings (SSSR count). The number of nitrogens with zero attached hydrogens (tertiary/aromatic N) is 4. The predicted octanol–water partition coefficient (Wildman–Crippen LogP) is 3.75. The summed E-state index contributed by atoms with van der Waals surface area (Å²) in [6.45, 7) is 7.58. The quantitative estimate of drug-likeness (QED) is 0.490. The van der Waals surface area contributed by atoms with Crippen LogP contribution in [0.1, 0.15) is 12.5 Å². The second kappa shape index (κ2) is 8.02. The fraction of sp³-hybridized carbons (Fsp3) is 0.318. The maximum absolute atomic E-state index is 12.6. The summed E-state index contributed by atoms with van der Waals surface area (Å²) in [6, 6.07) is 12.3. The van der Waals surface area contributed by atoms with Crippen molar-refractivity contribution in [3.8, 4) is 11.3 Å². The van der Waals surface area contributed by atoms with Crippen LogP contribution in [0.25, 0.3) is 31.7 Å². The van der Waals surface area contributed by atoms with Gasteiger partial charge in [0.25, 0.3) is 0 Å². The topological polar surface area (TPSA) is 71.0 Å². The first-order valence-corrected chi connectivity index (χ1v) is 12.3. The summed E-state index contributed by atoms with van der Waals surface area (Å²) in [5.41, 5.74) is 4.06. The molecule has 0 bridgehead atoms. The number of fused-ring (bicyclic) bond motifs is 3. The van der Waals surface area contributed by atoms with E-state index in [9.17, 15) is 4.21 Å². The van der Waals surface area contributed by atoms with Crippen molar-refractivity contribution in [3.05, 3.63) is 42.0 Å². The molecule has 1 saturated heterocycles. The van der Waals surface area contributed by atoms with Crippen LogP contribution in [0.2, 0.25) is 0 Å². The molecule has 1 unspecified atom stereocenters. The van der Waals surface area contributed by atoms with E-state index in [1.54, 1.807) is 11.3 Å². The molecule has 1 atom stereocenters. The van der Waals surface area contributed by atoms with Crippen LogP contribution in [0.3, 0.4) is 0 Å². The summed E-state index contributed by atoms with van der Waals surface area (Å²) in [7, 11) is -1.21. The molecule has 0 spiro atoms. The number of hydrogen-bond acceptors (Lipinski definition) is 7. The molecular formula is C22H23N5OS2. The molecule has 0 amide bonds. The van der Waals surface area contributed by atoms with Crippen molar-refractivity contribution in [3.63, 3.8) is 0 Å². The molecule has 1 N–H and O–H groups in total. The van der Waals surface area contributed by atoms with Gasteiger partial charge in [0.05, 0.1) is 26.7 Å². The predicted molar refractivity (Wildman–Crippen MR) is 125 cm³/mol. The summed E-state index contributed by atoms with van der Waals surface area (Å²) in [5.74, 6) is 1.39. The zero-order valence-electron chi connectivity index (χ0n) is 17.0. The summed E-state index contributed by atoms with van der Waals surface area (Å²) < 4.78 is 13.6. The third-order valence-electron chi connectivity index (χ3n) is 5.40. The first kappa shape index (κ1) is 19.5. The van der Waals surface area contributed by atoms with E-state index < -0.39 is 10.8 Å². The Labute approximate surface area is 181 Å². The van der Waals surface area contributed by atoms with E-state index in [-0.39, 0.29) is 0 Å². The lowest BCUT2D eigenvalue weighted by Crippen LogP contribution is -2.44. The van der Waals surface area contributed by atoms with Gasteiger partial charge >= 0.3 is 0 Å². The Morgan fingerprint density at radius 1 is 1.13 bits per heavy atom. The van der Waals surface area contributed by atoms with Crippen LogP contribution >= 0.6 is 11.3 Å². The summed E-state index contributed by atoms with van der Waals surface area (Å²) in [5, 5.41) is 4.85. The van der Waals surface area contributed by atoms with Gasteiger partial charge in [-0.05, 0) is 18.6 Å². The molecule has 1 aliphatic heterocycles. The number of anilines is 1. The van der Waals surface area contributed by atoms with E-state index in [1.165, 1.54) is 0 Å². The van der Waals surface area contributed by atoms with Crippen molar-refractivity contribution in [2.45, 2.75) is 19.0 Å². The van der Waals surface area contributed by atoms with Crippen LogP contribution in [-0.2, 0) is 10.8 Å². The fourth-order valence-corrected chi connectivity index (χ4v) is 5.71. The molecular weight excluding hydrogens is 414 g/mol. The SMILES string of the molecule is CCS(=O)c1nc(N2CCNCC2)c2sc3nc(-c4ccccc4)cc(C)c3c2n1. The molecule has 8 heteroatoms. The van der Waals surface area contributed by atoms with E-state index >= 15 is 0 Å². The van der Waals surface area contributed by atoms with Gasteiger partial charge < -0.3 is 10.2 Å².